The van der Waals surface area contributed by atoms with Gasteiger partial charge in [-0.15, -0.1) is 0 Å². The van der Waals surface area contributed by atoms with E-state index in [1.54, 1.807) is 0 Å². The van der Waals surface area contributed by atoms with Gasteiger partial charge < -0.3 is 5.11 Å². The molecular weight excluding hydrogens is 296 g/mol. The molecule has 0 saturated heterocycles. The lowest BCUT2D eigenvalue weighted by atomic mass is 9.87. The average Bonchev–Trinajstić information content (AvgIpc) is 2.54. The summed E-state index contributed by atoms with van der Waals surface area (Å²) >= 11 is 0. The Morgan fingerprint density at radius 1 is 0.750 bits per heavy atom. The molecular formula is C22H42O2. The van der Waals surface area contributed by atoms with E-state index in [0.717, 1.165) is 12.8 Å². The Hall–Kier alpha value is -0.790. The molecule has 0 amide bonds. The highest BCUT2D eigenvalue weighted by molar-refractivity contribution is 5.73. The van der Waals surface area contributed by atoms with Gasteiger partial charge >= 0.3 is 5.97 Å². The second-order valence-electron chi connectivity index (χ2n) is 7.88. The van der Waals surface area contributed by atoms with E-state index in [2.05, 4.69) is 19.1 Å². The molecule has 2 nitrogen and oxygen atoms in total. The third-order valence-corrected chi connectivity index (χ3v) is 4.89. The van der Waals surface area contributed by atoms with E-state index < -0.39 is 11.4 Å². The Morgan fingerprint density at radius 2 is 1.17 bits per heavy atom. The fourth-order valence-electron chi connectivity index (χ4n) is 2.92. The standard InChI is InChI=1S/C22H42O2/c1-4-5-6-7-8-9-10-11-12-13-14-15-16-17-18-19-20-22(2,3)21(23)24/h11-12H,4-10,13-20H2,1-3H3,(H,23,24). The van der Waals surface area contributed by atoms with Gasteiger partial charge in [0, 0.05) is 0 Å². The van der Waals surface area contributed by atoms with Gasteiger partial charge in [-0.3, -0.25) is 4.79 Å². The van der Waals surface area contributed by atoms with E-state index in [0.29, 0.717) is 0 Å². The maximum absolute atomic E-state index is 11.0. The first-order valence-electron chi connectivity index (χ1n) is 10.4. The molecule has 0 aliphatic carbocycles. The van der Waals surface area contributed by atoms with Crippen molar-refractivity contribution in [3.8, 4) is 0 Å². The van der Waals surface area contributed by atoms with Crippen LogP contribution in [0.15, 0.2) is 12.2 Å². The van der Waals surface area contributed by atoms with Crippen LogP contribution in [0.5, 0.6) is 0 Å². The molecule has 0 radical (unpaired) electrons. The van der Waals surface area contributed by atoms with Crippen molar-refractivity contribution < 1.29 is 9.90 Å². The number of unbranched alkanes of at least 4 members (excludes halogenated alkanes) is 12. The molecule has 0 heterocycles. The van der Waals surface area contributed by atoms with Gasteiger partial charge in [0.05, 0.1) is 5.41 Å². The number of rotatable bonds is 17. The fourth-order valence-corrected chi connectivity index (χ4v) is 2.92. The van der Waals surface area contributed by atoms with Gasteiger partial charge in [-0.05, 0) is 46.0 Å². The zero-order chi connectivity index (χ0) is 18.1. The van der Waals surface area contributed by atoms with Crippen molar-refractivity contribution in [2.24, 2.45) is 5.41 Å². The molecule has 0 saturated carbocycles. The number of allylic oxidation sites excluding steroid dienone is 2. The minimum absolute atomic E-state index is 0.555. The van der Waals surface area contributed by atoms with E-state index in [1.165, 1.54) is 83.5 Å². The van der Waals surface area contributed by atoms with Crippen molar-refractivity contribution in [3.63, 3.8) is 0 Å². The molecule has 0 bridgehead atoms. The summed E-state index contributed by atoms with van der Waals surface area (Å²) in [6, 6.07) is 0. The van der Waals surface area contributed by atoms with Gasteiger partial charge in [0.25, 0.3) is 0 Å². The Balaban J connectivity index is 3.25. The lowest BCUT2D eigenvalue weighted by Crippen LogP contribution is -2.23. The normalized spacial score (nSPS) is 12.1. The average molecular weight is 339 g/mol. The summed E-state index contributed by atoms with van der Waals surface area (Å²) in [6.07, 6.45) is 23.7. The molecule has 0 atom stereocenters. The van der Waals surface area contributed by atoms with Crippen molar-refractivity contribution in [1.82, 2.24) is 0 Å². The van der Waals surface area contributed by atoms with Crippen molar-refractivity contribution >= 4 is 5.97 Å². The SMILES string of the molecule is CCCCCCCCC=CCCCCCCCCC(C)(C)C(=O)O. The van der Waals surface area contributed by atoms with Gasteiger partial charge in [-0.2, -0.15) is 0 Å². The van der Waals surface area contributed by atoms with Crippen LogP contribution in [0.1, 0.15) is 117 Å². The van der Waals surface area contributed by atoms with Crippen LogP contribution in [0, 0.1) is 5.41 Å². The molecule has 24 heavy (non-hydrogen) atoms. The van der Waals surface area contributed by atoms with E-state index in [-0.39, 0.29) is 0 Å². The van der Waals surface area contributed by atoms with Crippen molar-refractivity contribution in [2.45, 2.75) is 117 Å². The number of hydrogen-bond donors (Lipinski definition) is 1. The van der Waals surface area contributed by atoms with Crippen LogP contribution < -0.4 is 0 Å². The first-order valence-corrected chi connectivity index (χ1v) is 10.4. The maximum Gasteiger partial charge on any atom is 0.309 e. The molecule has 0 aliphatic heterocycles. The lowest BCUT2D eigenvalue weighted by Gasteiger charge is -2.18. The summed E-state index contributed by atoms with van der Waals surface area (Å²) < 4.78 is 0. The molecule has 2 heteroatoms. The molecule has 0 aromatic rings. The Morgan fingerprint density at radius 3 is 1.62 bits per heavy atom. The van der Waals surface area contributed by atoms with E-state index in [1.807, 2.05) is 13.8 Å². The first kappa shape index (κ1) is 23.2. The van der Waals surface area contributed by atoms with Crippen LogP contribution in [0.25, 0.3) is 0 Å². The summed E-state index contributed by atoms with van der Waals surface area (Å²) in [5.41, 5.74) is -0.555. The fraction of sp³-hybridized carbons (Fsp3) is 0.864. The van der Waals surface area contributed by atoms with Crippen LogP contribution >= 0.6 is 0 Å². The van der Waals surface area contributed by atoms with Crippen molar-refractivity contribution in [3.05, 3.63) is 12.2 Å². The quantitative estimate of drug-likeness (QED) is 0.220. The van der Waals surface area contributed by atoms with Crippen LogP contribution in [-0.2, 0) is 4.79 Å². The highest BCUT2D eigenvalue weighted by atomic mass is 16.4. The predicted octanol–water partition coefficient (Wildman–Crippen LogP) is 7.52. The van der Waals surface area contributed by atoms with Gasteiger partial charge in [-0.1, -0.05) is 83.3 Å². The van der Waals surface area contributed by atoms with Crippen molar-refractivity contribution in [2.75, 3.05) is 0 Å². The summed E-state index contributed by atoms with van der Waals surface area (Å²) in [5, 5.41) is 9.06. The number of hydrogen-bond acceptors (Lipinski definition) is 1. The Bertz CT molecular complexity index is 318. The maximum atomic E-state index is 11.0. The predicted molar refractivity (Wildman–Crippen MR) is 105 cm³/mol. The molecule has 0 unspecified atom stereocenters. The van der Waals surface area contributed by atoms with Crippen LogP contribution in [0.3, 0.4) is 0 Å². The van der Waals surface area contributed by atoms with E-state index in [9.17, 15) is 4.79 Å². The highest BCUT2D eigenvalue weighted by Gasteiger charge is 2.25. The topological polar surface area (TPSA) is 37.3 Å². The largest absolute Gasteiger partial charge is 0.481 e. The summed E-state index contributed by atoms with van der Waals surface area (Å²) in [7, 11) is 0. The molecule has 0 spiro atoms. The summed E-state index contributed by atoms with van der Waals surface area (Å²) in [6.45, 7) is 5.92. The third kappa shape index (κ3) is 14.8. The van der Waals surface area contributed by atoms with Crippen LogP contribution in [0.4, 0.5) is 0 Å². The number of aliphatic carboxylic acids is 1. The molecule has 0 aliphatic rings. The zero-order valence-corrected chi connectivity index (χ0v) is 16.6. The van der Waals surface area contributed by atoms with E-state index in [4.69, 9.17) is 5.11 Å². The molecule has 142 valence electrons. The van der Waals surface area contributed by atoms with Crippen molar-refractivity contribution in [1.29, 1.82) is 0 Å². The number of carbonyl (C=O) groups is 1. The molecule has 0 fully saturated rings. The molecule has 0 aromatic heterocycles. The van der Waals surface area contributed by atoms with Gasteiger partial charge in [0.2, 0.25) is 0 Å². The van der Waals surface area contributed by atoms with E-state index >= 15 is 0 Å². The zero-order valence-electron chi connectivity index (χ0n) is 16.6. The minimum atomic E-state index is -0.671. The first-order chi connectivity index (χ1) is 11.5. The van der Waals surface area contributed by atoms with Gasteiger partial charge in [0.15, 0.2) is 0 Å². The third-order valence-electron chi connectivity index (χ3n) is 4.89. The number of carboxylic acid groups (broad SMARTS) is 1. The molecule has 1 N–H and O–H groups in total. The summed E-state index contributed by atoms with van der Waals surface area (Å²) in [5.74, 6) is -0.671. The van der Waals surface area contributed by atoms with Crippen LogP contribution in [0.2, 0.25) is 0 Å². The van der Waals surface area contributed by atoms with Gasteiger partial charge in [-0.25, -0.2) is 0 Å². The van der Waals surface area contributed by atoms with Gasteiger partial charge in [0.1, 0.15) is 0 Å². The Labute approximate surface area is 151 Å². The Kier molecular flexibility index (Phi) is 15.2. The second kappa shape index (κ2) is 15.7. The second-order valence-corrected chi connectivity index (χ2v) is 7.88. The highest BCUT2D eigenvalue weighted by Crippen LogP contribution is 2.24. The number of carboxylic acids is 1. The minimum Gasteiger partial charge on any atom is -0.481 e. The molecule has 0 aromatic carbocycles. The molecule has 0 rings (SSSR count). The monoisotopic (exact) mass is 338 g/mol. The van der Waals surface area contributed by atoms with Crippen LogP contribution in [-0.4, -0.2) is 11.1 Å². The summed E-state index contributed by atoms with van der Waals surface area (Å²) in [4.78, 5) is 11.0. The lowest BCUT2D eigenvalue weighted by molar-refractivity contribution is -0.147. The smallest absolute Gasteiger partial charge is 0.309 e.